The molecule has 0 aliphatic rings. The summed E-state index contributed by atoms with van der Waals surface area (Å²) in [6, 6.07) is 13.8. The zero-order valence-corrected chi connectivity index (χ0v) is 13.7. The minimum atomic E-state index is 0.596. The summed E-state index contributed by atoms with van der Waals surface area (Å²) in [7, 11) is 1.96. The molecular formula is C15H9Br2N3. The first-order valence-corrected chi connectivity index (χ1v) is 7.51. The molecule has 0 unspecified atom stereocenters. The largest absolute Gasteiger partial charge is 0.327 e. The molecule has 0 spiro atoms. The second-order valence-electron chi connectivity index (χ2n) is 4.44. The van der Waals surface area contributed by atoms with E-state index >= 15 is 0 Å². The molecule has 0 radical (unpaired) electrons. The molecule has 0 aliphatic heterocycles. The van der Waals surface area contributed by atoms with Crippen molar-refractivity contribution in [2.75, 3.05) is 0 Å². The highest BCUT2D eigenvalue weighted by atomic mass is 79.9. The highest BCUT2D eigenvalue weighted by Crippen LogP contribution is 2.30. The van der Waals surface area contributed by atoms with Crippen molar-refractivity contribution < 1.29 is 0 Å². The second kappa shape index (κ2) is 5.04. The number of halogens is 2. The summed E-state index contributed by atoms with van der Waals surface area (Å²) in [5.41, 5.74) is 3.28. The molecule has 1 heterocycles. The zero-order valence-electron chi connectivity index (χ0n) is 10.6. The molecule has 2 aromatic carbocycles. The van der Waals surface area contributed by atoms with Crippen molar-refractivity contribution in [1.29, 1.82) is 5.26 Å². The van der Waals surface area contributed by atoms with Gasteiger partial charge in [-0.05, 0) is 30.3 Å². The fraction of sp³-hybridized carbons (Fsp3) is 0.0667. The summed E-state index contributed by atoms with van der Waals surface area (Å²) in [6.45, 7) is 0. The average molecular weight is 391 g/mol. The van der Waals surface area contributed by atoms with Gasteiger partial charge in [0.25, 0.3) is 0 Å². The summed E-state index contributed by atoms with van der Waals surface area (Å²) in [5, 5.41) is 9.18. The topological polar surface area (TPSA) is 41.6 Å². The Labute approximate surface area is 133 Å². The Morgan fingerprint density at radius 3 is 2.50 bits per heavy atom. The summed E-state index contributed by atoms with van der Waals surface area (Å²) in [5.74, 6) is 0.838. The summed E-state index contributed by atoms with van der Waals surface area (Å²) >= 11 is 6.97. The monoisotopic (exact) mass is 389 g/mol. The van der Waals surface area contributed by atoms with E-state index in [0.717, 1.165) is 31.4 Å². The third-order valence-electron chi connectivity index (χ3n) is 3.15. The van der Waals surface area contributed by atoms with Gasteiger partial charge in [0.1, 0.15) is 17.4 Å². The number of hydrogen-bond donors (Lipinski definition) is 0. The van der Waals surface area contributed by atoms with E-state index in [1.807, 2.05) is 41.9 Å². The number of aromatic nitrogens is 2. The lowest BCUT2D eigenvalue weighted by atomic mass is 10.2. The predicted molar refractivity (Wildman–Crippen MR) is 86.3 cm³/mol. The van der Waals surface area contributed by atoms with Crippen LogP contribution in [0.2, 0.25) is 0 Å². The van der Waals surface area contributed by atoms with Crippen molar-refractivity contribution in [3.05, 3.63) is 50.9 Å². The second-order valence-corrected chi connectivity index (χ2v) is 6.27. The molecule has 3 nitrogen and oxygen atoms in total. The number of para-hydroxylation sites is 1. The molecule has 0 atom stereocenters. The van der Waals surface area contributed by atoms with Gasteiger partial charge < -0.3 is 4.57 Å². The molecule has 0 amide bonds. The molecule has 0 aliphatic carbocycles. The van der Waals surface area contributed by atoms with E-state index in [1.165, 1.54) is 0 Å². The molecule has 0 bridgehead atoms. The van der Waals surface area contributed by atoms with Crippen LogP contribution in [0.25, 0.3) is 22.4 Å². The van der Waals surface area contributed by atoms with Gasteiger partial charge in [-0.25, -0.2) is 4.98 Å². The van der Waals surface area contributed by atoms with Gasteiger partial charge in [-0.3, -0.25) is 0 Å². The van der Waals surface area contributed by atoms with Crippen LogP contribution in [0, 0.1) is 11.3 Å². The number of rotatable bonds is 1. The summed E-state index contributed by atoms with van der Waals surface area (Å²) in [4.78, 5) is 4.63. The normalized spacial score (nSPS) is 10.7. The number of aryl methyl sites for hydroxylation is 1. The third kappa shape index (κ3) is 2.15. The van der Waals surface area contributed by atoms with Gasteiger partial charge in [0.05, 0.1) is 11.1 Å². The first kappa shape index (κ1) is 13.3. The lowest BCUT2D eigenvalue weighted by molar-refractivity contribution is 0.959. The third-order valence-corrected chi connectivity index (χ3v) is 4.07. The fourth-order valence-electron chi connectivity index (χ4n) is 2.25. The van der Waals surface area contributed by atoms with E-state index in [2.05, 4.69) is 42.9 Å². The van der Waals surface area contributed by atoms with Crippen LogP contribution in [0.15, 0.2) is 45.3 Å². The first-order valence-electron chi connectivity index (χ1n) is 5.92. The lowest BCUT2D eigenvalue weighted by Gasteiger charge is -2.04. The van der Waals surface area contributed by atoms with Crippen LogP contribution in [0.1, 0.15) is 5.56 Å². The Balaban J connectivity index is 2.32. The van der Waals surface area contributed by atoms with Gasteiger partial charge in [-0.2, -0.15) is 5.26 Å². The molecule has 3 aromatic rings. The van der Waals surface area contributed by atoms with Crippen molar-refractivity contribution in [2.45, 2.75) is 0 Å². The van der Waals surface area contributed by atoms with Crippen LogP contribution in [0.3, 0.4) is 0 Å². The van der Waals surface area contributed by atoms with E-state index in [9.17, 15) is 5.26 Å². The summed E-state index contributed by atoms with van der Waals surface area (Å²) < 4.78 is 3.97. The van der Waals surface area contributed by atoms with E-state index < -0.39 is 0 Å². The first-order chi connectivity index (χ1) is 9.60. The molecule has 1 aromatic heterocycles. The fourth-order valence-corrected chi connectivity index (χ4v) is 3.54. The minimum absolute atomic E-state index is 0.596. The van der Waals surface area contributed by atoms with Crippen LogP contribution in [0.4, 0.5) is 0 Å². The van der Waals surface area contributed by atoms with E-state index in [-0.39, 0.29) is 0 Å². The molecule has 0 saturated heterocycles. The van der Waals surface area contributed by atoms with Crippen LogP contribution < -0.4 is 0 Å². The number of nitrogens with zero attached hydrogens (tertiary/aromatic N) is 3. The van der Waals surface area contributed by atoms with Crippen LogP contribution in [-0.2, 0) is 7.05 Å². The Morgan fingerprint density at radius 1 is 1.15 bits per heavy atom. The minimum Gasteiger partial charge on any atom is -0.327 e. The number of nitriles is 1. The van der Waals surface area contributed by atoms with Crippen LogP contribution in [-0.4, -0.2) is 9.55 Å². The number of benzene rings is 2. The maximum Gasteiger partial charge on any atom is 0.140 e. The lowest BCUT2D eigenvalue weighted by Crippen LogP contribution is -1.92. The van der Waals surface area contributed by atoms with Gasteiger partial charge in [0, 0.05) is 21.6 Å². The highest BCUT2D eigenvalue weighted by molar-refractivity contribution is 9.11. The van der Waals surface area contributed by atoms with Crippen molar-refractivity contribution in [2.24, 2.45) is 7.05 Å². The Bertz CT molecular complexity index is 839. The predicted octanol–water partition coefficient (Wildman–Crippen LogP) is 4.64. The van der Waals surface area contributed by atoms with E-state index in [0.29, 0.717) is 5.56 Å². The molecule has 5 heteroatoms. The quantitative estimate of drug-likeness (QED) is 0.607. The molecule has 98 valence electrons. The van der Waals surface area contributed by atoms with Crippen molar-refractivity contribution in [3.63, 3.8) is 0 Å². The highest BCUT2D eigenvalue weighted by Gasteiger charge is 2.13. The molecule has 0 fully saturated rings. The van der Waals surface area contributed by atoms with Crippen LogP contribution >= 0.6 is 31.9 Å². The number of fused-ring (bicyclic) bond motifs is 1. The van der Waals surface area contributed by atoms with Crippen molar-refractivity contribution in [1.82, 2.24) is 9.55 Å². The maximum absolute atomic E-state index is 9.18. The summed E-state index contributed by atoms with van der Waals surface area (Å²) in [6.07, 6.45) is 0. The zero-order chi connectivity index (χ0) is 14.3. The van der Waals surface area contributed by atoms with Gasteiger partial charge in [-0.15, -0.1) is 0 Å². The molecule has 0 N–H and O–H groups in total. The molecule has 0 saturated carbocycles. The van der Waals surface area contributed by atoms with E-state index in [1.54, 1.807) is 6.07 Å². The molecule has 3 rings (SSSR count). The van der Waals surface area contributed by atoms with Gasteiger partial charge in [0.15, 0.2) is 0 Å². The molecule has 20 heavy (non-hydrogen) atoms. The number of imidazole rings is 1. The van der Waals surface area contributed by atoms with Crippen LogP contribution in [0.5, 0.6) is 0 Å². The van der Waals surface area contributed by atoms with Gasteiger partial charge in [0.2, 0.25) is 0 Å². The number of hydrogen-bond acceptors (Lipinski definition) is 2. The van der Waals surface area contributed by atoms with E-state index in [4.69, 9.17) is 0 Å². The van der Waals surface area contributed by atoms with Gasteiger partial charge >= 0.3 is 0 Å². The average Bonchev–Trinajstić information content (AvgIpc) is 2.75. The standard InChI is InChI=1S/C15H9Br2N3/c1-20-13-4-2-3-9(8-18)14(13)19-15(20)10-5-11(16)7-12(17)6-10/h2-7H,1H3. The van der Waals surface area contributed by atoms with Crippen molar-refractivity contribution >= 4 is 42.9 Å². The Morgan fingerprint density at radius 2 is 1.85 bits per heavy atom. The Kier molecular flexibility index (Phi) is 3.36. The Hall–Kier alpha value is -1.64. The maximum atomic E-state index is 9.18. The smallest absolute Gasteiger partial charge is 0.140 e. The van der Waals surface area contributed by atoms with Crippen molar-refractivity contribution in [3.8, 4) is 17.5 Å². The SMILES string of the molecule is Cn1c(-c2cc(Br)cc(Br)c2)nc2c(C#N)cccc21. The molecular weight excluding hydrogens is 382 g/mol. The van der Waals surface area contributed by atoms with Gasteiger partial charge in [-0.1, -0.05) is 37.9 Å².